The van der Waals surface area contributed by atoms with Crippen LogP contribution < -0.4 is 0 Å². The Morgan fingerprint density at radius 2 is 1.17 bits per heavy atom. The van der Waals surface area contributed by atoms with Gasteiger partial charge in [0.1, 0.15) is 0 Å². The Bertz CT molecular complexity index is 779. The van der Waals surface area contributed by atoms with Gasteiger partial charge in [-0.25, -0.2) is 0 Å². The second-order valence-electron chi connectivity index (χ2n) is 6.98. The average molecular weight is 446 g/mol. The van der Waals surface area contributed by atoms with Crippen LogP contribution in [0.25, 0.3) is 12.2 Å². The molecule has 0 amide bonds. The Labute approximate surface area is 155 Å². The number of hydrogen-bond donors (Lipinski definition) is 0. The van der Waals surface area contributed by atoms with Gasteiger partial charge in [-0.2, -0.15) is 0 Å². The molecule has 0 nitrogen and oxygen atoms in total. The molecular weight excluding hydrogens is 428 g/mol. The van der Waals surface area contributed by atoms with Gasteiger partial charge in [0.05, 0.1) is 8.07 Å². The molecule has 0 fully saturated rings. The third-order valence-electron chi connectivity index (χ3n) is 5.36. The van der Waals surface area contributed by atoms with Gasteiger partial charge in [-0.15, -0.1) is 0 Å². The fourth-order valence-electron chi connectivity index (χ4n) is 4.08. The molecule has 2 atom stereocenters. The van der Waals surface area contributed by atoms with Crippen molar-refractivity contribution in [2.24, 2.45) is 0 Å². The van der Waals surface area contributed by atoms with Gasteiger partial charge in [-0.1, -0.05) is 93.5 Å². The SMILES string of the molecule is C[Si](C)(C1C=Cc2c(Br)cccc21)C1C=Cc2c(Br)cccc21. The normalized spacial score (nSPS) is 21.6. The third-order valence-corrected chi connectivity index (χ3v) is 11.0. The molecule has 0 aromatic heterocycles. The summed E-state index contributed by atoms with van der Waals surface area (Å²) in [5.74, 6) is 0. The van der Waals surface area contributed by atoms with Crippen LogP contribution in [0.4, 0.5) is 0 Å². The van der Waals surface area contributed by atoms with Gasteiger partial charge in [0.15, 0.2) is 0 Å². The van der Waals surface area contributed by atoms with E-state index in [1.165, 1.54) is 31.2 Å². The van der Waals surface area contributed by atoms with Crippen molar-refractivity contribution in [3.8, 4) is 0 Å². The first kappa shape index (κ1) is 15.6. The average Bonchev–Trinajstić information content (AvgIpc) is 3.12. The van der Waals surface area contributed by atoms with Crippen molar-refractivity contribution in [2.75, 3.05) is 0 Å². The molecule has 2 unspecified atom stereocenters. The van der Waals surface area contributed by atoms with Crippen LogP contribution in [-0.4, -0.2) is 8.07 Å². The summed E-state index contributed by atoms with van der Waals surface area (Å²) in [5, 5.41) is 0. The maximum absolute atomic E-state index is 3.70. The third kappa shape index (κ3) is 2.36. The second kappa shape index (κ2) is 5.57. The number of allylic oxidation sites excluding steroid dienone is 2. The molecule has 0 saturated carbocycles. The molecular formula is C20H18Br2Si. The highest BCUT2D eigenvalue weighted by Crippen LogP contribution is 2.48. The minimum absolute atomic E-state index is 0.564. The molecule has 3 heteroatoms. The van der Waals surface area contributed by atoms with Gasteiger partial charge in [-0.05, 0) is 45.5 Å². The molecule has 0 spiro atoms. The first-order chi connectivity index (χ1) is 11.0. The summed E-state index contributed by atoms with van der Waals surface area (Å²) < 4.78 is 2.42. The molecule has 0 N–H and O–H groups in total. The van der Waals surface area contributed by atoms with Gasteiger partial charge in [0.25, 0.3) is 0 Å². The van der Waals surface area contributed by atoms with Gasteiger partial charge in [0, 0.05) is 8.95 Å². The predicted octanol–water partition coefficient (Wildman–Crippen LogP) is 6.92. The van der Waals surface area contributed by atoms with E-state index >= 15 is 0 Å². The van der Waals surface area contributed by atoms with Crippen LogP contribution >= 0.6 is 31.9 Å². The summed E-state index contributed by atoms with van der Waals surface area (Å²) in [6, 6.07) is 13.2. The molecule has 0 heterocycles. The van der Waals surface area contributed by atoms with E-state index in [1.54, 1.807) is 0 Å². The lowest BCUT2D eigenvalue weighted by Gasteiger charge is -2.35. The van der Waals surface area contributed by atoms with Crippen molar-refractivity contribution in [1.29, 1.82) is 0 Å². The number of fused-ring (bicyclic) bond motifs is 2. The second-order valence-corrected chi connectivity index (χ2v) is 13.6. The summed E-state index contributed by atoms with van der Waals surface area (Å²) in [6.07, 6.45) is 9.48. The maximum Gasteiger partial charge on any atom is 0.0715 e. The highest BCUT2D eigenvalue weighted by Gasteiger charge is 2.43. The summed E-state index contributed by atoms with van der Waals surface area (Å²) in [7, 11) is -1.60. The standard InChI is InChI=1S/C20H18Br2Si/c1-23(2,19-11-9-13-15(19)5-3-7-17(13)21)20-12-10-14-16(20)6-4-8-18(14)22/h3-12,19-20H,1-2H3. The van der Waals surface area contributed by atoms with E-state index in [2.05, 4.69) is 106 Å². The van der Waals surface area contributed by atoms with Crippen molar-refractivity contribution in [3.05, 3.63) is 79.7 Å². The van der Waals surface area contributed by atoms with Crippen LogP contribution in [0.5, 0.6) is 0 Å². The topological polar surface area (TPSA) is 0 Å². The molecule has 2 aromatic carbocycles. The van der Waals surface area contributed by atoms with Crippen LogP contribution in [0.15, 0.2) is 57.5 Å². The van der Waals surface area contributed by atoms with Crippen LogP contribution in [0.3, 0.4) is 0 Å². The zero-order valence-electron chi connectivity index (χ0n) is 13.2. The monoisotopic (exact) mass is 444 g/mol. The van der Waals surface area contributed by atoms with Crippen LogP contribution in [0, 0.1) is 0 Å². The van der Waals surface area contributed by atoms with E-state index in [-0.39, 0.29) is 0 Å². The Kier molecular flexibility index (Phi) is 3.78. The number of benzene rings is 2. The van der Waals surface area contributed by atoms with Crippen molar-refractivity contribution in [2.45, 2.75) is 24.2 Å². The lowest BCUT2D eigenvalue weighted by atomic mass is 10.1. The largest absolute Gasteiger partial charge is 0.0790 e. The fraction of sp³-hybridized carbons (Fsp3) is 0.200. The van der Waals surface area contributed by atoms with Gasteiger partial charge < -0.3 is 0 Å². The molecule has 0 radical (unpaired) electrons. The number of halogens is 2. The fourth-order valence-corrected chi connectivity index (χ4v) is 8.79. The lowest BCUT2D eigenvalue weighted by molar-refractivity contribution is 1.05. The minimum atomic E-state index is -1.60. The first-order valence-corrected chi connectivity index (χ1v) is 12.7. The van der Waals surface area contributed by atoms with Crippen molar-refractivity contribution in [1.82, 2.24) is 0 Å². The van der Waals surface area contributed by atoms with Crippen LogP contribution in [0.1, 0.15) is 33.3 Å². The summed E-state index contributed by atoms with van der Waals surface area (Å²) in [5.41, 5.74) is 6.86. The zero-order valence-corrected chi connectivity index (χ0v) is 17.4. The summed E-state index contributed by atoms with van der Waals surface area (Å²) >= 11 is 7.41. The molecule has 0 saturated heterocycles. The smallest absolute Gasteiger partial charge is 0.0715 e. The maximum atomic E-state index is 3.70. The molecule has 2 aliphatic carbocycles. The molecule has 2 aromatic rings. The Balaban J connectivity index is 1.78. The van der Waals surface area contributed by atoms with Gasteiger partial charge in [-0.3, -0.25) is 0 Å². The number of hydrogen-bond acceptors (Lipinski definition) is 0. The number of rotatable bonds is 2. The zero-order chi connectivity index (χ0) is 16.2. The van der Waals surface area contributed by atoms with E-state index in [9.17, 15) is 0 Å². The predicted molar refractivity (Wildman–Crippen MR) is 109 cm³/mol. The molecule has 0 aliphatic heterocycles. The van der Waals surface area contributed by atoms with Gasteiger partial charge in [0.2, 0.25) is 0 Å². The van der Waals surface area contributed by atoms with E-state index in [0.29, 0.717) is 11.1 Å². The quantitative estimate of drug-likeness (QED) is 0.440. The lowest BCUT2D eigenvalue weighted by Crippen LogP contribution is -2.39. The van der Waals surface area contributed by atoms with E-state index in [0.717, 1.165) is 0 Å². The minimum Gasteiger partial charge on any atom is -0.0790 e. The van der Waals surface area contributed by atoms with Gasteiger partial charge >= 0.3 is 0 Å². The van der Waals surface area contributed by atoms with E-state index in [4.69, 9.17) is 0 Å². The first-order valence-electron chi connectivity index (χ1n) is 7.93. The van der Waals surface area contributed by atoms with Crippen LogP contribution in [0.2, 0.25) is 13.1 Å². The van der Waals surface area contributed by atoms with Crippen molar-refractivity contribution < 1.29 is 0 Å². The summed E-state index contributed by atoms with van der Waals surface area (Å²) in [6.45, 7) is 5.06. The van der Waals surface area contributed by atoms with E-state index in [1.807, 2.05) is 0 Å². The molecule has 23 heavy (non-hydrogen) atoms. The Morgan fingerprint density at radius 1 is 0.739 bits per heavy atom. The highest BCUT2D eigenvalue weighted by molar-refractivity contribution is 9.10. The molecule has 116 valence electrons. The molecule has 4 rings (SSSR count). The summed E-state index contributed by atoms with van der Waals surface area (Å²) in [4.78, 5) is 0. The van der Waals surface area contributed by atoms with E-state index < -0.39 is 8.07 Å². The Hall–Kier alpha value is -0.903. The van der Waals surface area contributed by atoms with Crippen LogP contribution in [-0.2, 0) is 0 Å². The van der Waals surface area contributed by atoms with Crippen molar-refractivity contribution >= 4 is 52.1 Å². The van der Waals surface area contributed by atoms with Crippen molar-refractivity contribution in [3.63, 3.8) is 0 Å². The molecule has 0 bridgehead atoms. The Morgan fingerprint density at radius 3 is 1.61 bits per heavy atom. The highest BCUT2D eigenvalue weighted by atomic mass is 79.9. The molecule has 2 aliphatic rings.